The van der Waals surface area contributed by atoms with Crippen molar-refractivity contribution in [2.45, 2.75) is 6.04 Å². The molecule has 0 bridgehead atoms. The second kappa shape index (κ2) is 6.41. The van der Waals surface area contributed by atoms with Crippen LogP contribution >= 0.6 is 0 Å². The molecule has 22 heavy (non-hydrogen) atoms. The van der Waals surface area contributed by atoms with E-state index in [4.69, 9.17) is 4.74 Å². The lowest BCUT2D eigenvalue weighted by Crippen LogP contribution is -2.59. The number of esters is 1. The fourth-order valence-electron chi connectivity index (χ4n) is 2.30. The number of pyridine rings is 1. The Kier molecular flexibility index (Phi) is 4.77. The van der Waals surface area contributed by atoms with E-state index in [0.717, 1.165) is 6.26 Å². The second-order valence-corrected chi connectivity index (χ2v) is 6.88. The minimum atomic E-state index is -3.44. The van der Waals surface area contributed by atoms with Crippen molar-refractivity contribution in [2.24, 2.45) is 0 Å². The van der Waals surface area contributed by atoms with Crippen molar-refractivity contribution in [1.29, 1.82) is 0 Å². The summed E-state index contributed by atoms with van der Waals surface area (Å²) in [6.07, 6.45) is 4.01. The molecule has 1 saturated heterocycles. The summed E-state index contributed by atoms with van der Waals surface area (Å²) in [5.74, 6) is -1.03. The maximum atomic E-state index is 12.5. The van der Waals surface area contributed by atoms with Crippen LogP contribution in [-0.4, -0.2) is 73.5 Å². The van der Waals surface area contributed by atoms with Gasteiger partial charge >= 0.3 is 5.97 Å². The monoisotopic (exact) mass is 327 g/mol. The number of rotatable bonds is 3. The van der Waals surface area contributed by atoms with Crippen molar-refractivity contribution in [3.8, 4) is 0 Å². The van der Waals surface area contributed by atoms with Gasteiger partial charge in [0.1, 0.15) is 6.04 Å². The predicted molar refractivity (Wildman–Crippen MR) is 77.5 cm³/mol. The van der Waals surface area contributed by atoms with Gasteiger partial charge in [-0.1, -0.05) is 0 Å². The molecular formula is C13H17N3O5S. The maximum Gasteiger partial charge on any atom is 0.329 e. The van der Waals surface area contributed by atoms with E-state index in [0.29, 0.717) is 5.56 Å². The van der Waals surface area contributed by atoms with Crippen LogP contribution in [0.15, 0.2) is 24.5 Å². The van der Waals surface area contributed by atoms with Gasteiger partial charge in [0.2, 0.25) is 10.0 Å². The zero-order valence-electron chi connectivity index (χ0n) is 12.3. The van der Waals surface area contributed by atoms with Gasteiger partial charge in [-0.25, -0.2) is 13.2 Å². The van der Waals surface area contributed by atoms with Crippen LogP contribution in [0.4, 0.5) is 0 Å². The Morgan fingerprint density at radius 1 is 1.36 bits per heavy atom. The Hall–Kier alpha value is -2.00. The molecule has 0 spiro atoms. The Balaban J connectivity index is 2.27. The number of nitrogens with zero attached hydrogens (tertiary/aromatic N) is 3. The summed E-state index contributed by atoms with van der Waals surface area (Å²) >= 11 is 0. The quantitative estimate of drug-likeness (QED) is 0.684. The second-order valence-electron chi connectivity index (χ2n) is 4.90. The highest BCUT2D eigenvalue weighted by atomic mass is 32.2. The summed E-state index contributed by atoms with van der Waals surface area (Å²) in [5, 5.41) is 0. The molecule has 1 aromatic heterocycles. The van der Waals surface area contributed by atoms with Gasteiger partial charge in [-0.05, 0) is 12.1 Å². The predicted octanol–water partition coefficient (Wildman–Crippen LogP) is -0.659. The zero-order chi connectivity index (χ0) is 16.3. The molecular weight excluding hydrogens is 310 g/mol. The number of amides is 1. The van der Waals surface area contributed by atoms with E-state index >= 15 is 0 Å². The summed E-state index contributed by atoms with van der Waals surface area (Å²) in [6.45, 7) is 0.135. The summed E-state index contributed by atoms with van der Waals surface area (Å²) < 4.78 is 29.2. The molecule has 0 radical (unpaired) electrons. The molecule has 0 aromatic carbocycles. The van der Waals surface area contributed by atoms with Crippen LogP contribution in [0.3, 0.4) is 0 Å². The third-order valence-corrected chi connectivity index (χ3v) is 4.72. The van der Waals surface area contributed by atoms with Crippen molar-refractivity contribution in [3.63, 3.8) is 0 Å². The first-order chi connectivity index (χ1) is 10.3. The third kappa shape index (κ3) is 3.42. The highest BCUT2D eigenvalue weighted by Gasteiger charge is 2.39. The average molecular weight is 327 g/mol. The molecule has 120 valence electrons. The molecule has 8 nitrogen and oxygen atoms in total. The largest absolute Gasteiger partial charge is 0.467 e. The standard InChI is InChI=1S/C13H17N3O5S/c1-21-13(18)11-9-15(22(2,19)20)6-7-16(11)12(17)10-4-3-5-14-8-10/h3-5,8,11H,6-7,9H2,1-2H3/t11-/m0/s1. The van der Waals surface area contributed by atoms with E-state index in [1.54, 1.807) is 12.1 Å². The first-order valence-electron chi connectivity index (χ1n) is 6.58. The van der Waals surface area contributed by atoms with Crippen LogP contribution in [0.1, 0.15) is 10.4 Å². The van der Waals surface area contributed by atoms with Crippen molar-refractivity contribution >= 4 is 21.9 Å². The van der Waals surface area contributed by atoms with Crippen LogP contribution in [-0.2, 0) is 19.6 Å². The minimum absolute atomic E-state index is 0.112. The first-order valence-corrected chi connectivity index (χ1v) is 8.43. The molecule has 2 heterocycles. The first kappa shape index (κ1) is 16.4. The van der Waals surface area contributed by atoms with Gasteiger partial charge in [-0.3, -0.25) is 9.78 Å². The molecule has 9 heteroatoms. The molecule has 2 rings (SSSR count). The van der Waals surface area contributed by atoms with Crippen molar-refractivity contribution in [1.82, 2.24) is 14.2 Å². The van der Waals surface area contributed by atoms with E-state index in [-0.39, 0.29) is 25.5 Å². The molecule has 0 unspecified atom stereocenters. The zero-order valence-corrected chi connectivity index (χ0v) is 13.1. The summed E-state index contributed by atoms with van der Waals surface area (Å²) in [5.41, 5.74) is 0.337. The Morgan fingerprint density at radius 2 is 2.09 bits per heavy atom. The lowest BCUT2D eigenvalue weighted by molar-refractivity contribution is -0.147. The Labute approximate surface area is 128 Å². The number of hydrogen-bond donors (Lipinski definition) is 0. The minimum Gasteiger partial charge on any atom is -0.467 e. The number of methoxy groups -OCH3 is 1. The molecule has 0 N–H and O–H groups in total. The highest BCUT2D eigenvalue weighted by Crippen LogP contribution is 2.17. The molecule has 0 aliphatic carbocycles. The molecule has 1 fully saturated rings. The summed E-state index contributed by atoms with van der Waals surface area (Å²) in [6, 6.07) is 2.24. The summed E-state index contributed by atoms with van der Waals surface area (Å²) in [7, 11) is -2.24. The number of carbonyl (C=O) groups is 2. The number of ether oxygens (including phenoxy) is 1. The van der Waals surface area contributed by atoms with E-state index in [2.05, 4.69) is 4.98 Å². The van der Waals surface area contributed by atoms with E-state index < -0.39 is 22.0 Å². The van der Waals surface area contributed by atoms with Crippen LogP contribution in [0.2, 0.25) is 0 Å². The van der Waals surface area contributed by atoms with Crippen LogP contribution < -0.4 is 0 Å². The highest BCUT2D eigenvalue weighted by molar-refractivity contribution is 7.88. The van der Waals surface area contributed by atoms with Gasteiger partial charge in [-0.15, -0.1) is 0 Å². The molecule has 1 aliphatic heterocycles. The fourth-order valence-corrected chi connectivity index (χ4v) is 3.12. The van der Waals surface area contributed by atoms with Gasteiger partial charge in [0.05, 0.1) is 18.9 Å². The van der Waals surface area contributed by atoms with Crippen molar-refractivity contribution in [3.05, 3.63) is 30.1 Å². The molecule has 1 aliphatic rings. The lowest BCUT2D eigenvalue weighted by Gasteiger charge is -2.38. The van der Waals surface area contributed by atoms with Crippen LogP contribution in [0.25, 0.3) is 0 Å². The van der Waals surface area contributed by atoms with E-state index in [9.17, 15) is 18.0 Å². The van der Waals surface area contributed by atoms with Crippen molar-refractivity contribution < 1.29 is 22.7 Å². The maximum absolute atomic E-state index is 12.5. The molecule has 1 amide bonds. The van der Waals surface area contributed by atoms with Crippen molar-refractivity contribution in [2.75, 3.05) is 33.0 Å². The van der Waals surface area contributed by atoms with E-state index in [1.807, 2.05) is 0 Å². The molecule has 1 aromatic rings. The average Bonchev–Trinajstić information content (AvgIpc) is 2.52. The van der Waals surface area contributed by atoms with Crippen LogP contribution in [0.5, 0.6) is 0 Å². The van der Waals surface area contributed by atoms with Gasteiger partial charge in [-0.2, -0.15) is 4.31 Å². The van der Waals surface area contributed by atoms with Gasteiger partial charge < -0.3 is 9.64 Å². The summed E-state index contributed by atoms with van der Waals surface area (Å²) in [4.78, 5) is 29.6. The number of sulfonamides is 1. The number of hydrogen-bond acceptors (Lipinski definition) is 6. The lowest BCUT2D eigenvalue weighted by atomic mass is 10.1. The Morgan fingerprint density at radius 3 is 2.64 bits per heavy atom. The molecule has 0 saturated carbocycles. The normalized spacial score (nSPS) is 19.7. The third-order valence-electron chi connectivity index (χ3n) is 3.45. The SMILES string of the molecule is COC(=O)[C@@H]1CN(S(C)(=O)=O)CCN1C(=O)c1cccnc1. The fraction of sp³-hybridized carbons (Fsp3) is 0.462. The van der Waals surface area contributed by atoms with Gasteiger partial charge in [0, 0.05) is 32.0 Å². The van der Waals surface area contributed by atoms with E-state index in [1.165, 1.54) is 28.7 Å². The Bertz CT molecular complexity index is 662. The van der Waals surface area contributed by atoms with Gasteiger partial charge in [0.25, 0.3) is 5.91 Å². The smallest absolute Gasteiger partial charge is 0.329 e. The van der Waals surface area contributed by atoms with Gasteiger partial charge in [0.15, 0.2) is 0 Å². The topological polar surface area (TPSA) is 96.9 Å². The number of carbonyl (C=O) groups excluding carboxylic acids is 2. The number of piperazine rings is 1. The molecule has 1 atom stereocenters. The number of aromatic nitrogens is 1. The van der Waals surface area contributed by atoms with Crippen LogP contribution in [0, 0.1) is 0 Å².